The fourth-order valence-electron chi connectivity index (χ4n) is 1.70. The van der Waals surface area contributed by atoms with E-state index in [0.717, 1.165) is 5.56 Å². The van der Waals surface area contributed by atoms with E-state index in [1.807, 2.05) is 30.3 Å². The number of nitrogens with one attached hydrogen (secondary N) is 2. The molecule has 1 unspecified atom stereocenters. The van der Waals surface area contributed by atoms with Crippen molar-refractivity contribution in [1.82, 2.24) is 9.97 Å². The summed E-state index contributed by atoms with van der Waals surface area (Å²) in [6.07, 6.45) is 1.34. The van der Waals surface area contributed by atoms with Crippen molar-refractivity contribution in [2.75, 3.05) is 17.9 Å². The first kappa shape index (κ1) is 13.8. The average molecular weight is 273 g/mol. The van der Waals surface area contributed by atoms with E-state index in [0.29, 0.717) is 11.6 Å². The smallest absolute Gasteiger partial charge is 0.333 e. The van der Waals surface area contributed by atoms with Crippen LogP contribution in [0.3, 0.4) is 0 Å². The number of benzene rings is 1. The van der Waals surface area contributed by atoms with E-state index in [9.17, 15) is 4.79 Å². The van der Waals surface area contributed by atoms with Crippen molar-refractivity contribution in [2.24, 2.45) is 5.84 Å². The fraction of sp³-hybridized carbons (Fsp3) is 0.154. The molecule has 7 heteroatoms. The van der Waals surface area contributed by atoms with Crippen molar-refractivity contribution >= 4 is 17.6 Å². The quantitative estimate of drug-likeness (QED) is 0.425. The van der Waals surface area contributed by atoms with Gasteiger partial charge in [-0.15, -0.1) is 0 Å². The van der Waals surface area contributed by atoms with Crippen LogP contribution in [0.4, 0.5) is 11.6 Å². The van der Waals surface area contributed by atoms with E-state index in [4.69, 9.17) is 10.6 Å². The third-order valence-electron chi connectivity index (χ3n) is 2.68. The van der Waals surface area contributed by atoms with Crippen LogP contribution in [0.5, 0.6) is 0 Å². The molecular formula is C13H15N5O2. The Kier molecular flexibility index (Phi) is 4.46. The van der Waals surface area contributed by atoms with Gasteiger partial charge < -0.3 is 15.5 Å². The van der Waals surface area contributed by atoms with E-state index in [-0.39, 0.29) is 0 Å². The molecule has 0 bridgehead atoms. The van der Waals surface area contributed by atoms with Crippen LogP contribution < -0.4 is 16.6 Å². The van der Waals surface area contributed by atoms with Gasteiger partial charge in [-0.1, -0.05) is 30.3 Å². The van der Waals surface area contributed by atoms with Gasteiger partial charge in [0.25, 0.3) is 0 Å². The normalized spacial score (nSPS) is 11.5. The average Bonchev–Trinajstić information content (AvgIpc) is 2.53. The molecule has 2 aromatic rings. The standard InChI is InChI=1S/C13H15N5O2/c1-20-13(19)12(9-5-3-2-4-6-9)17-10-7-11(18-14)16-8-15-10/h2-8,12H,14H2,1H3,(H2,15,16,17,18). The number of hydrazine groups is 1. The lowest BCUT2D eigenvalue weighted by Gasteiger charge is -2.17. The number of aromatic nitrogens is 2. The molecule has 0 aliphatic heterocycles. The highest BCUT2D eigenvalue weighted by Gasteiger charge is 2.21. The monoisotopic (exact) mass is 273 g/mol. The van der Waals surface area contributed by atoms with Crippen molar-refractivity contribution in [3.8, 4) is 0 Å². The molecule has 0 aliphatic rings. The number of nitrogens with zero attached hydrogens (tertiary/aromatic N) is 2. The minimum absolute atomic E-state index is 0.405. The van der Waals surface area contributed by atoms with Gasteiger partial charge in [-0.25, -0.2) is 20.6 Å². The molecule has 20 heavy (non-hydrogen) atoms. The molecule has 0 amide bonds. The van der Waals surface area contributed by atoms with E-state index >= 15 is 0 Å². The van der Waals surface area contributed by atoms with E-state index in [1.54, 1.807) is 6.07 Å². The Balaban J connectivity index is 2.26. The summed E-state index contributed by atoms with van der Waals surface area (Å²) in [7, 11) is 1.34. The molecule has 0 spiro atoms. The number of hydrogen-bond acceptors (Lipinski definition) is 7. The summed E-state index contributed by atoms with van der Waals surface area (Å²) in [5.74, 6) is 5.79. The van der Waals surface area contributed by atoms with Gasteiger partial charge in [0.05, 0.1) is 7.11 Å². The van der Waals surface area contributed by atoms with Gasteiger partial charge in [-0.2, -0.15) is 0 Å². The van der Waals surface area contributed by atoms with E-state index < -0.39 is 12.0 Å². The van der Waals surface area contributed by atoms with Crippen LogP contribution in [-0.4, -0.2) is 23.0 Å². The third kappa shape index (κ3) is 3.21. The molecule has 4 N–H and O–H groups in total. The lowest BCUT2D eigenvalue weighted by Crippen LogP contribution is -2.23. The molecule has 0 fully saturated rings. The highest BCUT2D eigenvalue weighted by molar-refractivity contribution is 5.80. The van der Waals surface area contributed by atoms with Crippen molar-refractivity contribution in [1.29, 1.82) is 0 Å². The van der Waals surface area contributed by atoms with Crippen molar-refractivity contribution < 1.29 is 9.53 Å². The first-order valence-corrected chi connectivity index (χ1v) is 5.92. The zero-order valence-corrected chi connectivity index (χ0v) is 10.9. The van der Waals surface area contributed by atoms with Crippen LogP contribution in [0.25, 0.3) is 0 Å². The summed E-state index contributed by atoms with van der Waals surface area (Å²) >= 11 is 0. The Hall–Kier alpha value is -2.67. The Morgan fingerprint density at radius 2 is 1.95 bits per heavy atom. The molecule has 1 aromatic carbocycles. The zero-order chi connectivity index (χ0) is 14.4. The van der Waals surface area contributed by atoms with Crippen LogP contribution in [-0.2, 0) is 9.53 Å². The molecule has 0 aliphatic carbocycles. The van der Waals surface area contributed by atoms with Gasteiger partial charge in [0.15, 0.2) is 6.04 Å². The molecule has 0 radical (unpaired) electrons. The summed E-state index contributed by atoms with van der Waals surface area (Å²) in [5, 5.41) is 3.00. The first-order chi connectivity index (χ1) is 9.74. The molecule has 2 rings (SSSR count). The summed E-state index contributed by atoms with van der Waals surface area (Å²) < 4.78 is 4.81. The Labute approximate surface area is 116 Å². The number of ether oxygens (including phenoxy) is 1. The maximum atomic E-state index is 11.9. The number of esters is 1. The van der Waals surface area contributed by atoms with Crippen LogP contribution >= 0.6 is 0 Å². The molecular weight excluding hydrogens is 258 g/mol. The summed E-state index contributed by atoms with van der Waals surface area (Å²) in [6.45, 7) is 0. The van der Waals surface area contributed by atoms with Crippen molar-refractivity contribution in [2.45, 2.75) is 6.04 Å². The van der Waals surface area contributed by atoms with E-state index in [1.165, 1.54) is 13.4 Å². The number of methoxy groups -OCH3 is 1. The number of anilines is 2. The van der Waals surface area contributed by atoms with Crippen LogP contribution in [0.15, 0.2) is 42.7 Å². The number of carbonyl (C=O) groups is 1. The molecule has 7 nitrogen and oxygen atoms in total. The van der Waals surface area contributed by atoms with E-state index in [2.05, 4.69) is 20.7 Å². The lowest BCUT2D eigenvalue weighted by atomic mass is 10.1. The van der Waals surface area contributed by atoms with Crippen LogP contribution in [0, 0.1) is 0 Å². The third-order valence-corrected chi connectivity index (χ3v) is 2.68. The SMILES string of the molecule is COC(=O)C(Nc1cc(NN)ncn1)c1ccccc1. The second-order valence-electron chi connectivity index (χ2n) is 3.94. The molecule has 1 heterocycles. The number of hydrogen-bond donors (Lipinski definition) is 3. The Morgan fingerprint density at radius 1 is 1.25 bits per heavy atom. The molecule has 1 aromatic heterocycles. The maximum absolute atomic E-state index is 11.9. The predicted octanol–water partition coefficient (Wildman–Crippen LogP) is 1.09. The predicted molar refractivity (Wildman–Crippen MR) is 74.7 cm³/mol. The largest absolute Gasteiger partial charge is 0.467 e. The number of rotatable bonds is 5. The topological polar surface area (TPSA) is 102 Å². The minimum Gasteiger partial charge on any atom is -0.467 e. The van der Waals surface area contributed by atoms with Crippen molar-refractivity contribution in [3.63, 3.8) is 0 Å². The second kappa shape index (κ2) is 6.48. The highest BCUT2D eigenvalue weighted by Crippen LogP contribution is 2.20. The maximum Gasteiger partial charge on any atom is 0.333 e. The van der Waals surface area contributed by atoms with Gasteiger partial charge in [0.2, 0.25) is 0 Å². The first-order valence-electron chi connectivity index (χ1n) is 5.92. The number of carbonyl (C=O) groups excluding carboxylic acids is 1. The zero-order valence-electron chi connectivity index (χ0n) is 10.9. The molecule has 0 saturated carbocycles. The minimum atomic E-state index is -0.651. The highest BCUT2D eigenvalue weighted by atomic mass is 16.5. The molecule has 1 atom stereocenters. The number of nitrogen functional groups attached to an aromatic ring is 1. The van der Waals surface area contributed by atoms with Crippen molar-refractivity contribution in [3.05, 3.63) is 48.3 Å². The Bertz CT molecular complexity index is 576. The fourth-order valence-corrected chi connectivity index (χ4v) is 1.70. The van der Waals surface area contributed by atoms with Gasteiger partial charge in [-0.3, -0.25) is 0 Å². The summed E-state index contributed by atoms with van der Waals surface area (Å²) in [5.41, 5.74) is 3.19. The van der Waals surface area contributed by atoms with Gasteiger partial charge in [-0.05, 0) is 5.56 Å². The van der Waals surface area contributed by atoms with Gasteiger partial charge >= 0.3 is 5.97 Å². The lowest BCUT2D eigenvalue weighted by molar-refractivity contribution is -0.141. The summed E-state index contributed by atoms with van der Waals surface area (Å²) in [6, 6.07) is 10.2. The van der Waals surface area contributed by atoms with Crippen LogP contribution in [0.2, 0.25) is 0 Å². The van der Waals surface area contributed by atoms with Crippen LogP contribution in [0.1, 0.15) is 11.6 Å². The van der Waals surface area contributed by atoms with Gasteiger partial charge in [0.1, 0.15) is 18.0 Å². The number of nitrogens with two attached hydrogens (primary N) is 1. The molecule has 104 valence electrons. The molecule has 0 saturated heterocycles. The van der Waals surface area contributed by atoms with Gasteiger partial charge in [0, 0.05) is 6.07 Å². The Morgan fingerprint density at radius 3 is 2.60 bits per heavy atom. The second-order valence-corrected chi connectivity index (χ2v) is 3.94. The summed E-state index contributed by atoms with van der Waals surface area (Å²) in [4.78, 5) is 19.8.